The van der Waals surface area contributed by atoms with E-state index in [-0.39, 0.29) is 35.6 Å². The molecule has 3 atom stereocenters. The van der Waals surface area contributed by atoms with E-state index in [2.05, 4.69) is 16.8 Å². The second-order valence-corrected chi connectivity index (χ2v) is 10.2. The predicted molar refractivity (Wildman–Crippen MR) is 124 cm³/mol. The number of fused-ring (bicyclic) bond motifs is 1. The van der Waals surface area contributed by atoms with Crippen LogP contribution in [0.25, 0.3) is 0 Å². The zero-order valence-corrected chi connectivity index (χ0v) is 20.0. The molecule has 0 bridgehead atoms. The number of aromatic nitrogens is 1. The van der Waals surface area contributed by atoms with Crippen LogP contribution in [0.3, 0.4) is 0 Å². The molecule has 1 N–H and O–H groups in total. The number of rotatable bonds is 4. The van der Waals surface area contributed by atoms with Gasteiger partial charge in [-0.15, -0.1) is 0 Å². The Kier molecular flexibility index (Phi) is 7.74. The molecular formula is C24H29N3O5S. The first kappa shape index (κ1) is 24.7. The lowest BCUT2D eigenvalue weighted by molar-refractivity contribution is -0.129. The topological polar surface area (TPSA) is 100 Å². The molecule has 33 heavy (non-hydrogen) atoms. The van der Waals surface area contributed by atoms with Crippen LogP contribution < -0.4 is 4.74 Å². The molecule has 0 saturated heterocycles. The Bertz CT molecular complexity index is 1160. The average molecular weight is 472 g/mol. The van der Waals surface area contributed by atoms with Crippen molar-refractivity contribution >= 4 is 15.9 Å². The molecule has 0 radical (unpaired) electrons. The van der Waals surface area contributed by atoms with E-state index in [9.17, 15) is 18.3 Å². The van der Waals surface area contributed by atoms with E-state index in [0.29, 0.717) is 12.1 Å². The molecule has 176 valence electrons. The fourth-order valence-corrected chi connectivity index (χ4v) is 5.33. The van der Waals surface area contributed by atoms with Crippen LogP contribution in [0.1, 0.15) is 31.9 Å². The number of aliphatic hydroxyl groups is 1. The largest absolute Gasteiger partial charge is 0.487 e. The van der Waals surface area contributed by atoms with Gasteiger partial charge in [0.15, 0.2) is 0 Å². The van der Waals surface area contributed by atoms with Gasteiger partial charge >= 0.3 is 0 Å². The maximum absolute atomic E-state index is 13.5. The van der Waals surface area contributed by atoms with E-state index in [0.717, 1.165) is 5.56 Å². The molecule has 0 saturated carbocycles. The van der Waals surface area contributed by atoms with Gasteiger partial charge in [-0.3, -0.25) is 9.78 Å². The highest BCUT2D eigenvalue weighted by Crippen LogP contribution is 2.34. The summed E-state index contributed by atoms with van der Waals surface area (Å²) in [7, 11) is -2.25. The van der Waals surface area contributed by atoms with Crippen LogP contribution in [0.5, 0.6) is 5.75 Å². The number of benzene rings is 1. The first-order valence-corrected chi connectivity index (χ1v) is 12.1. The van der Waals surface area contributed by atoms with Gasteiger partial charge in [-0.05, 0) is 37.3 Å². The third-order valence-electron chi connectivity index (χ3n) is 5.67. The summed E-state index contributed by atoms with van der Waals surface area (Å²) < 4.78 is 34.5. The van der Waals surface area contributed by atoms with Crippen LogP contribution in [0, 0.1) is 17.8 Å². The third kappa shape index (κ3) is 5.71. The van der Waals surface area contributed by atoms with Gasteiger partial charge in [-0.25, -0.2) is 8.42 Å². The van der Waals surface area contributed by atoms with Crippen molar-refractivity contribution in [2.75, 3.05) is 26.7 Å². The molecule has 1 aromatic carbocycles. The summed E-state index contributed by atoms with van der Waals surface area (Å²) in [6, 6.07) is 7.73. The summed E-state index contributed by atoms with van der Waals surface area (Å²) in [6.07, 6.45) is 2.85. The number of pyridine rings is 1. The summed E-state index contributed by atoms with van der Waals surface area (Å²) in [5.74, 6) is 5.85. The third-order valence-corrected chi connectivity index (χ3v) is 7.69. The van der Waals surface area contributed by atoms with Gasteiger partial charge in [0.1, 0.15) is 16.7 Å². The predicted octanol–water partition coefficient (Wildman–Crippen LogP) is 1.73. The zero-order chi connectivity index (χ0) is 24.2. The van der Waals surface area contributed by atoms with E-state index in [1.54, 1.807) is 49.5 Å². The molecule has 3 rings (SSSR count). The van der Waals surface area contributed by atoms with E-state index in [4.69, 9.17) is 4.74 Å². The van der Waals surface area contributed by atoms with Crippen LogP contribution in [-0.2, 0) is 14.8 Å². The first-order chi connectivity index (χ1) is 15.6. The highest BCUT2D eigenvalue weighted by atomic mass is 32.2. The van der Waals surface area contributed by atoms with E-state index >= 15 is 0 Å². The van der Waals surface area contributed by atoms with Crippen molar-refractivity contribution in [3.8, 4) is 17.6 Å². The van der Waals surface area contributed by atoms with Gasteiger partial charge in [0.05, 0.1) is 13.2 Å². The first-order valence-electron chi connectivity index (χ1n) is 10.7. The molecule has 1 amide bonds. The van der Waals surface area contributed by atoms with Gasteiger partial charge in [0.2, 0.25) is 15.9 Å². The highest BCUT2D eigenvalue weighted by molar-refractivity contribution is 7.89. The van der Waals surface area contributed by atoms with Crippen molar-refractivity contribution < 1.29 is 23.1 Å². The number of hydrogen-bond donors (Lipinski definition) is 1. The minimum absolute atomic E-state index is 0.0112. The summed E-state index contributed by atoms with van der Waals surface area (Å²) in [5, 5.41) is 9.71. The molecule has 1 aliphatic rings. The Balaban J connectivity index is 2.08. The maximum Gasteiger partial charge on any atom is 0.247 e. The average Bonchev–Trinajstić information content (AvgIpc) is 2.79. The maximum atomic E-state index is 13.5. The molecule has 2 heterocycles. The summed E-state index contributed by atoms with van der Waals surface area (Å²) >= 11 is 0. The Hall–Kier alpha value is -2.93. The lowest BCUT2D eigenvalue weighted by Crippen LogP contribution is -2.50. The van der Waals surface area contributed by atoms with E-state index < -0.39 is 22.2 Å². The van der Waals surface area contributed by atoms with Crippen LogP contribution in [0.4, 0.5) is 0 Å². The number of carbonyl (C=O) groups is 1. The fraction of sp³-hybridized carbons (Fsp3) is 0.417. The van der Waals surface area contributed by atoms with Crippen LogP contribution in [0.15, 0.2) is 47.6 Å². The number of hydrogen-bond acceptors (Lipinski definition) is 6. The minimum Gasteiger partial charge on any atom is -0.487 e. The summed E-state index contributed by atoms with van der Waals surface area (Å²) in [6.45, 7) is 5.15. The highest BCUT2D eigenvalue weighted by Gasteiger charge is 2.38. The standard InChI is InChI=1S/C24H29N3O5S/c1-17-14-27(18(2)16-28)33(30,31)24-10-9-20(7-8-21-6-5-11-25-13-21)12-22(24)32-23(17)15-26(4)19(3)29/h5-6,9-13,17-18,23,28H,14-16H2,1-4H3/t17-,18-,23-/m0/s1. The van der Waals surface area contributed by atoms with Crippen molar-refractivity contribution in [3.05, 3.63) is 53.9 Å². The van der Waals surface area contributed by atoms with Crippen LogP contribution in [0.2, 0.25) is 0 Å². The van der Waals surface area contributed by atoms with Gasteiger partial charge in [-0.2, -0.15) is 4.31 Å². The molecule has 1 aromatic heterocycles. The van der Waals surface area contributed by atoms with Crippen LogP contribution >= 0.6 is 0 Å². The van der Waals surface area contributed by atoms with Crippen molar-refractivity contribution in [3.63, 3.8) is 0 Å². The number of amides is 1. The molecule has 0 spiro atoms. The molecule has 9 heteroatoms. The Labute approximate surface area is 195 Å². The quantitative estimate of drug-likeness (QED) is 0.682. The van der Waals surface area contributed by atoms with Gasteiger partial charge in [0.25, 0.3) is 0 Å². The lowest BCUT2D eigenvalue weighted by Gasteiger charge is -2.37. The van der Waals surface area contributed by atoms with Gasteiger partial charge in [0, 0.05) is 56.0 Å². The molecule has 8 nitrogen and oxygen atoms in total. The molecule has 2 aromatic rings. The minimum atomic E-state index is -3.93. The number of nitrogens with zero attached hydrogens (tertiary/aromatic N) is 3. The molecule has 1 aliphatic heterocycles. The molecular weight excluding hydrogens is 442 g/mol. The Morgan fingerprint density at radius 1 is 1.33 bits per heavy atom. The Morgan fingerprint density at radius 2 is 2.06 bits per heavy atom. The number of sulfonamides is 1. The van der Waals surface area contributed by atoms with E-state index in [1.165, 1.54) is 17.3 Å². The molecule has 0 aliphatic carbocycles. The molecule has 0 fully saturated rings. The number of ether oxygens (including phenoxy) is 1. The van der Waals surface area contributed by atoms with Crippen molar-refractivity contribution in [2.45, 2.75) is 37.8 Å². The smallest absolute Gasteiger partial charge is 0.247 e. The second kappa shape index (κ2) is 10.3. The number of carbonyl (C=O) groups excluding carboxylic acids is 1. The number of aliphatic hydroxyl groups excluding tert-OH is 1. The van der Waals surface area contributed by atoms with Crippen molar-refractivity contribution in [1.82, 2.24) is 14.2 Å². The second-order valence-electron chi connectivity index (χ2n) is 8.29. The van der Waals surface area contributed by atoms with Gasteiger partial charge in [-0.1, -0.05) is 18.8 Å². The fourth-order valence-electron chi connectivity index (χ4n) is 3.50. The van der Waals surface area contributed by atoms with E-state index in [1.807, 2.05) is 13.0 Å². The Morgan fingerprint density at radius 3 is 2.70 bits per heavy atom. The van der Waals surface area contributed by atoms with Crippen LogP contribution in [-0.4, -0.2) is 72.5 Å². The summed E-state index contributed by atoms with van der Waals surface area (Å²) in [4.78, 5) is 17.4. The SMILES string of the molecule is CC(=O)N(C)C[C@@H]1Oc2cc(C#Cc3cccnc3)ccc2S(=O)(=O)N([C@@H](C)CO)C[C@@H]1C. The molecule has 0 unspecified atom stereocenters. The van der Waals surface area contributed by atoms with Crippen molar-refractivity contribution in [1.29, 1.82) is 0 Å². The van der Waals surface area contributed by atoms with Gasteiger partial charge < -0.3 is 14.7 Å². The summed E-state index contributed by atoms with van der Waals surface area (Å²) in [5.41, 5.74) is 1.32. The van der Waals surface area contributed by atoms with Crippen molar-refractivity contribution in [2.24, 2.45) is 5.92 Å². The normalized spacial score (nSPS) is 20.8. The number of likely N-dealkylation sites (N-methyl/N-ethyl adjacent to an activating group) is 1. The lowest BCUT2D eigenvalue weighted by atomic mass is 10.0. The monoisotopic (exact) mass is 471 g/mol. The zero-order valence-electron chi connectivity index (χ0n) is 19.2.